The van der Waals surface area contributed by atoms with Crippen molar-refractivity contribution in [2.24, 2.45) is 0 Å². The van der Waals surface area contributed by atoms with Crippen LogP contribution in [0.3, 0.4) is 0 Å². The fraction of sp³-hybridized carbons (Fsp3) is 0.429. The van der Waals surface area contributed by atoms with Crippen molar-refractivity contribution in [2.75, 3.05) is 23.3 Å². The number of amides is 1. The van der Waals surface area contributed by atoms with Crippen LogP contribution in [0.5, 0.6) is 0 Å². The predicted octanol–water partition coefficient (Wildman–Crippen LogP) is 3.96. The molecule has 0 unspecified atom stereocenters. The maximum Gasteiger partial charge on any atom is 0.257 e. The van der Waals surface area contributed by atoms with Gasteiger partial charge in [0.05, 0.1) is 29.3 Å². The third kappa shape index (κ3) is 3.56. The Labute approximate surface area is 164 Å². The molecule has 7 heteroatoms. The number of piperidine rings is 1. The minimum absolute atomic E-state index is 0.184. The van der Waals surface area contributed by atoms with Crippen LogP contribution in [0.25, 0.3) is 11.0 Å². The van der Waals surface area contributed by atoms with Gasteiger partial charge in [-0.05, 0) is 58.2 Å². The number of carbonyl (C=O) groups is 1. The summed E-state index contributed by atoms with van der Waals surface area (Å²) in [5, 5.41) is 8.18. The maximum atomic E-state index is 12.8. The molecular weight excluding hydrogens is 352 g/mol. The number of hydrogen-bond acceptors (Lipinski definition) is 5. The molecule has 3 aromatic rings. The molecule has 7 nitrogen and oxygen atoms in total. The highest BCUT2D eigenvalue weighted by molar-refractivity contribution is 6.06. The average Bonchev–Trinajstić information content (AvgIpc) is 3.11. The highest BCUT2D eigenvalue weighted by Crippen LogP contribution is 2.22. The van der Waals surface area contributed by atoms with Crippen LogP contribution in [0, 0.1) is 6.92 Å². The summed E-state index contributed by atoms with van der Waals surface area (Å²) in [6, 6.07) is 5.96. The van der Waals surface area contributed by atoms with E-state index in [1.54, 1.807) is 12.4 Å². The minimum Gasteiger partial charge on any atom is -0.357 e. The lowest BCUT2D eigenvalue weighted by Crippen LogP contribution is -2.30. The summed E-state index contributed by atoms with van der Waals surface area (Å²) in [4.78, 5) is 24.2. The number of hydrogen-bond donors (Lipinski definition) is 1. The van der Waals surface area contributed by atoms with Crippen LogP contribution in [-0.4, -0.2) is 38.7 Å². The van der Waals surface area contributed by atoms with Gasteiger partial charge in [0, 0.05) is 24.5 Å². The van der Waals surface area contributed by atoms with E-state index in [2.05, 4.69) is 39.1 Å². The molecule has 0 bridgehead atoms. The van der Waals surface area contributed by atoms with E-state index in [-0.39, 0.29) is 11.9 Å². The second kappa shape index (κ2) is 7.58. The van der Waals surface area contributed by atoms with Crippen LogP contribution in [-0.2, 0) is 0 Å². The van der Waals surface area contributed by atoms with E-state index < -0.39 is 0 Å². The molecule has 1 amide bonds. The van der Waals surface area contributed by atoms with Crippen molar-refractivity contribution in [3.63, 3.8) is 0 Å². The normalized spacial score (nSPS) is 14.6. The minimum atomic E-state index is -0.184. The van der Waals surface area contributed by atoms with Crippen LogP contribution in [0.1, 0.15) is 55.2 Å². The molecule has 0 aliphatic carbocycles. The molecular formula is C21H26N6O. The molecule has 1 saturated heterocycles. The lowest BCUT2D eigenvalue weighted by atomic mass is 10.1. The first-order valence-electron chi connectivity index (χ1n) is 9.90. The monoisotopic (exact) mass is 378 g/mol. The Morgan fingerprint density at radius 2 is 1.93 bits per heavy atom. The van der Waals surface area contributed by atoms with Crippen LogP contribution < -0.4 is 10.2 Å². The van der Waals surface area contributed by atoms with E-state index in [0.717, 1.165) is 29.9 Å². The molecule has 0 saturated carbocycles. The van der Waals surface area contributed by atoms with Crippen molar-refractivity contribution in [3.05, 3.63) is 41.9 Å². The van der Waals surface area contributed by atoms with Crippen molar-refractivity contribution in [1.82, 2.24) is 19.7 Å². The number of carbonyl (C=O) groups excluding carboxylic acids is 1. The van der Waals surface area contributed by atoms with Gasteiger partial charge in [-0.15, -0.1) is 0 Å². The third-order valence-corrected chi connectivity index (χ3v) is 5.18. The number of aryl methyl sites for hydroxylation is 1. The zero-order valence-electron chi connectivity index (χ0n) is 16.6. The van der Waals surface area contributed by atoms with Gasteiger partial charge in [0.1, 0.15) is 5.82 Å². The highest BCUT2D eigenvalue weighted by atomic mass is 16.1. The number of fused-ring (bicyclic) bond motifs is 1. The molecule has 0 spiro atoms. The first-order valence-corrected chi connectivity index (χ1v) is 9.90. The zero-order chi connectivity index (χ0) is 19.7. The van der Waals surface area contributed by atoms with E-state index >= 15 is 0 Å². The molecule has 146 valence electrons. The average molecular weight is 378 g/mol. The number of pyridine rings is 2. The van der Waals surface area contributed by atoms with Crippen LogP contribution >= 0.6 is 0 Å². The molecule has 0 radical (unpaired) electrons. The van der Waals surface area contributed by atoms with Gasteiger partial charge in [-0.1, -0.05) is 0 Å². The molecule has 1 aliphatic rings. The van der Waals surface area contributed by atoms with Gasteiger partial charge in [0.2, 0.25) is 0 Å². The fourth-order valence-electron chi connectivity index (χ4n) is 3.64. The van der Waals surface area contributed by atoms with Gasteiger partial charge in [-0.25, -0.2) is 14.6 Å². The Morgan fingerprint density at radius 3 is 2.61 bits per heavy atom. The SMILES string of the molecule is Cc1nc2c(cnn2C(C)C)cc1C(=O)Nc1ccc(N2CCCCC2)nc1. The van der Waals surface area contributed by atoms with Gasteiger partial charge in [-0.2, -0.15) is 5.10 Å². The molecule has 1 fully saturated rings. The lowest BCUT2D eigenvalue weighted by Gasteiger charge is -2.27. The number of aromatic nitrogens is 4. The summed E-state index contributed by atoms with van der Waals surface area (Å²) in [5.74, 6) is 0.787. The number of nitrogens with one attached hydrogen (secondary N) is 1. The van der Waals surface area contributed by atoms with Gasteiger partial charge >= 0.3 is 0 Å². The van der Waals surface area contributed by atoms with E-state index in [1.807, 2.05) is 29.8 Å². The first-order chi connectivity index (χ1) is 13.5. The smallest absolute Gasteiger partial charge is 0.257 e. The van der Waals surface area contributed by atoms with Gasteiger partial charge in [0.25, 0.3) is 5.91 Å². The molecule has 4 rings (SSSR count). The van der Waals surface area contributed by atoms with Crippen LogP contribution in [0.15, 0.2) is 30.6 Å². The molecule has 0 aromatic carbocycles. The quantitative estimate of drug-likeness (QED) is 0.744. The van der Waals surface area contributed by atoms with Crippen molar-refractivity contribution in [2.45, 2.75) is 46.1 Å². The third-order valence-electron chi connectivity index (χ3n) is 5.18. The largest absolute Gasteiger partial charge is 0.357 e. The molecule has 0 atom stereocenters. The van der Waals surface area contributed by atoms with Crippen molar-refractivity contribution >= 4 is 28.4 Å². The Balaban J connectivity index is 1.52. The first kappa shape index (κ1) is 18.4. The number of nitrogens with zero attached hydrogens (tertiary/aromatic N) is 5. The van der Waals surface area contributed by atoms with E-state index in [1.165, 1.54) is 19.3 Å². The second-order valence-corrected chi connectivity index (χ2v) is 7.62. The molecule has 4 heterocycles. The lowest BCUT2D eigenvalue weighted by molar-refractivity contribution is 0.102. The van der Waals surface area contributed by atoms with E-state index in [9.17, 15) is 4.79 Å². The summed E-state index contributed by atoms with van der Waals surface area (Å²) in [5.41, 5.74) is 2.72. The van der Waals surface area contributed by atoms with Crippen molar-refractivity contribution in [3.8, 4) is 0 Å². The summed E-state index contributed by atoms with van der Waals surface area (Å²) >= 11 is 0. The Hall–Kier alpha value is -2.96. The van der Waals surface area contributed by atoms with E-state index in [4.69, 9.17) is 0 Å². The highest BCUT2D eigenvalue weighted by Gasteiger charge is 2.16. The maximum absolute atomic E-state index is 12.8. The topological polar surface area (TPSA) is 75.9 Å². The summed E-state index contributed by atoms with van der Waals surface area (Å²) in [7, 11) is 0. The van der Waals surface area contributed by atoms with Gasteiger partial charge in [0.15, 0.2) is 5.65 Å². The zero-order valence-corrected chi connectivity index (χ0v) is 16.6. The Kier molecular flexibility index (Phi) is 4.98. The van der Waals surface area contributed by atoms with Crippen LogP contribution in [0.2, 0.25) is 0 Å². The summed E-state index contributed by atoms with van der Waals surface area (Å²) < 4.78 is 1.87. The van der Waals surface area contributed by atoms with E-state index in [0.29, 0.717) is 16.9 Å². The number of rotatable bonds is 4. The fourth-order valence-corrected chi connectivity index (χ4v) is 3.64. The standard InChI is InChI=1S/C21H26N6O/c1-14(2)27-20-16(12-23-27)11-18(15(3)24-20)21(28)25-17-7-8-19(22-13-17)26-9-5-4-6-10-26/h7-8,11-14H,4-6,9-10H2,1-3H3,(H,25,28). The summed E-state index contributed by atoms with van der Waals surface area (Å²) in [6.07, 6.45) is 7.19. The molecule has 1 N–H and O–H groups in total. The summed E-state index contributed by atoms with van der Waals surface area (Å²) in [6.45, 7) is 8.07. The van der Waals surface area contributed by atoms with Crippen molar-refractivity contribution < 1.29 is 4.79 Å². The number of anilines is 2. The van der Waals surface area contributed by atoms with Gasteiger partial charge in [-0.3, -0.25) is 4.79 Å². The molecule has 1 aliphatic heterocycles. The molecule has 28 heavy (non-hydrogen) atoms. The Morgan fingerprint density at radius 1 is 1.14 bits per heavy atom. The van der Waals surface area contributed by atoms with Gasteiger partial charge < -0.3 is 10.2 Å². The van der Waals surface area contributed by atoms with Crippen molar-refractivity contribution in [1.29, 1.82) is 0 Å². The second-order valence-electron chi connectivity index (χ2n) is 7.62. The predicted molar refractivity (Wildman–Crippen MR) is 111 cm³/mol. The van der Waals surface area contributed by atoms with Crippen LogP contribution in [0.4, 0.5) is 11.5 Å². The Bertz CT molecular complexity index is 986. The molecule has 3 aromatic heterocycles.